The lowest BCUT2D eigenvalue weighted by Crippen LogP contribution is -1.87. The molecule has 0 aliphatic rings. The summed E-state index contributed by atoms with van der Waals surface area (Å²) >= 11 is 13.5. The lowest BCUT2D eigenvalue weighted by Gasteiger charge is -2.03. The zero-order chi connectivity index (χ0) is 11.4. The maximum atomic E-state index is 6.00. The molecule has 0 fully saturated rings. The molecule has 0 radical (unpaired) electrons. The van der Waals surface area contributed by atoms with E-state index in [1.54, 1.807) is 24.2 Å². The van der Waals surface area contributed by atoms with Gasteiger partial charge in [-0.3, -0.25) is 0 Å². The lowest BCUT2D eigenvalue weighted by molar-refractivity contribution is 1.13. The van der Waals surface area contributed by atoms with E-state index < -0.39 is 0 Å². The number of hydrogen-bond acceptors (Lipinski definition) is 3. The van der Waals surface area contributed by atoms with Gasteiger partial charge in [0, 0.05) is 18.1 Å². The normalized spacial score (nSPS) is 10.4. The van der Waals surface area contributed by atoms with Crippen LogP contribution in [0.1, 0.15) is 5.56 Å². The first kappa shape index (κ1) is 11.7. The Bertz CT molecular complexity index is 445. The summed E-state index contributed by atoms with van der Waals surface area (Å²) in [4.78, 5) is 8.20. The molecule has 16 heavy (non-hydrogen) atoms. The Labute approximate surface area is 108 Å². The van der Waals surface area contributed by atoms with Gasteiger partial charge in [-0.2, -0.15) is 0 Å². The van der Waals surface area contributed by atoms with Crippen LogP contribution in [0, 0.1) is 0 Å². The average molecular weight is 271 g/mol. The smallest absolute Gasteiger partial charge is 0.133 e. The highest BCUT2D eigenvalue weighted by molar-refractivity contribution is 7.98. The van der Waals surface area contributed by atoms with E-state index in [2.05, 4.69) is 9.97 Å². The Morgan fingerprint density at radius 3 is 2.56 bits per heavy atom. The molecular formula is C11H8Cl2N2S. The second-order valence-electron chi connectivity index (χ2n) is 3.03. The molecular weight excluding hydrogens is 263 g/mol. The highest BCUT2D eigenvalue weighted by atomic mass is 35.5. The number of halogens is 2. The third kappa shape index (κ3) is 2.88. The minimum atomic E-state index is 0.530. The Hall–Kier alpha value is -0.770. The molecule has 5 heteroatoms. The number of rotatable bonds is 3. The minimum absolute atomic E-state index is 0.530. The second kappa shape index (κ2) is 5.53. The van der Waals surface area contributed by atoms with Crippen molar-refractivity contribution in [3.8, 4) is 0 Å². The van der Waals surface area contributed by atoms with Crippen LogP contribution in [0.2, 0.25) is 10.2 Å². The molecule has 0 bridgehead atoms. The number of hydrogen-bond donors (Lipinski definition) is 0. The fourth-order valence-electron chi connectivity index (χ4n) is 1.15. The van der Waals surface area contributed by atoms with Gasteiger partial charge < -0.3 is 0 Å². The lowest BCUT2D eigenvalue weighted by atomic mass is 10.3. The minimum Gasteiger partial charge on any atom is -0.248 e. The highest BCUT2D eigenvalue weighted by Crippen LogP contribution is 2.28. The molecule has 2 nitrogen and oxygen atoms in total. The summed E-state index contributed by atoms with van der Waals surface area (Å²) < 4.78 is 0. The summed E-state index contributed by atoms with van der Waals surface area (Å²) in [6.07, 6.45) is 3.39. The first-order valence-corrected chi connectivity index (χ1v) is 6.34. The number of thioether (sulfide) groups is 1. The molecule has 2 aromatic rings. The Morgan fingerprint density at radius 2 is 1.81 bits per heavy atom. The van der Waals surface area contributed by atoms with Gasteiger partial charge >= 0.3 is 0 Å². The molecule has 0 aliphatic heterocycles. The third-order valence-electron chi connectivity index (χ3n) is 1.93. The standard InChI is InChI=1S/C11H8Cl2N2S/c12-9-4-2-6-15-11(9)16-7-8-3-1-5-14-10(8)13/h1-6H,7H2. The fourth-order valence-corrected chi connectivity index (χ4v) is 2.57. The molecule has 0 N–H and O–H groups in total. The van der Waals surface area contributed by atoms with Gasteiger partial charge in [0.15, 0.2) is 0 Å². The van der Waals surface area contributed by atoms with Gasteiger partial charge in [-0.25, -0.2) is 9.97 Å². The van der Waals surface area contributed by atoms with Crippen LogP contribution in [0.15, 0.2) is 41.7 Å². The highest BCUT2D eigenvalue weighted by Gasteiger charge is 2.04. The van der Waals surface area contributed by atoms with E-state index in [-0.39, 0.29) is 0 Å². The summed E-state index contributed by atoms with van der Waals surface area (Å²) in [5.74, 6) is 0.712. The van der Waals surface area contributed by atoms with Crippen molar-refractivity contribution >= 4 is 35.0 Å². The van der Waals surface area contributed by atoms with Crippen LogP contribution in [-0.4, -0.2) is 9.97 Å². The van der Waals surface area contributed by atoms with Gasteiger partial charge in [-0.1, -0.05) is 29.3 Å². The van der Waals surface area contributed by atoms with Crippen molar-refractivity contribution in [3.05, 3.63) is 52.4 Å². The maximum absolute atomic E-state index is 6.00. The average Bonchev–Trinajstić information content (AvgIpc) is 2.30. The molecule has 2 rings (SSSR count). The molecule has 0 unspecified atom stereocenters. The Balaban J connectivity index is 2.09. The van der Waals surface area contributed by atoms with E-state index in [4.69, 9.17) is 23.2 Å². The van der Waals surface area contributed by atoms with Crippen molar-refractivity contribution in [1.29, 1.82) is 0 Å². The molecule has 0 atom stereocenters. The van der Waals surface area contributed by atoms with Crippen LogP contribution in [0.25, 0.3) is 0 Å². The van der Waals surface area contributed by atoms with Crippen LogP contribution >= 0.6 is 35.0 Å². The van der Waals surface area contributed by atoms with Gasteiger partial charge in [-0.05, 0) is 23.8 Å². The fraction of sp³-hybridized carbons (Fsp3) is 0.0909. The third-order valence-corrected chi connectivity index (χ3v) is 3.74. The SMILES string of the molecule is Clc1cccnc1SCc1cccnc1Cl. The van der Waals surface area contributed by atoms with Crippen molar-refractivity contribution in [2.24, 2.45) is 0 Å². The zero-order valence-corrected chi connectivity index (χ0v) is 10.6. The number of nitrogens with zero attached hydrogens (tertiary/aromatic N) is 2. The topological polar surface area (TPSA) is 25.8 Å². The Morgan fingerprint density at radius 1 is 1.06 bits per heavy atom. The summed E-state index contributed by atoms with van der Waals surface area (Å²) in [6.45, 7) is 0. The van der Waals surface area contributed by atoms with Crippen LogP contribution in [0.3, 0.4) is 0 Å². The molecule has 0 aromatic carbocycles. The number of aromatic nitrogens is 2. The second-order valence-corrected chi connectivity index (χ2v) is 4.76. The van der Waals surface area contributed by atoms with Gasteiger partial charge in [0.25, 0.3) is 0 Å². The molecule has 82 valence electrons. The Kier molecular flexibility index (Phi) is 4.04. The predicted octanol–water partition coefficient (Wildman–Crippen LogP) is 4.08. The van der Waals surface area contributed by atoms with E-state index in [9.17, 15) is 0 Å². The van der Waals surface area contributed by atoms with E-state index >= 15 is 0 Å². The summed E-state index contributed by atoms with van der Waals surface area (Å²) in [6, 6.07) is 7.44. The van der Waals surface area contributed by atoms with Crippen LogP contribution < -0.4 is 0 Å². The van der Waals surface area contributed by atoms with E-state index in [0.717, 1.165) is 10.6 Å². The van der Waals surface area contributed by atoms with Crippen molar-refractivity contribution in [3.63, 3.8) is 0 Å². The van der Waals surface area contributed by atoms with Gasteiger partial charge in [0.2, 0.25) is 0 Å². The van der Waals surface area contributed by atoms with Gasteiger partial charge in [0.1, 0.15) is 10.2 Å². The predicted molar refractivity (Wildman–Crippen MR) is 68.1 cm³/mol. The molecule has 2 aromatic heterocycles. The van der Waals surface area contributed by atoms with E-state index in [1.807, 2.05) is 24.3 Å². The maximum Gasteiger partial charge on any atom is 0.133 e. The molecule has 0 saturated heterocycles. The summed E-state index contributed by atoms with van der Waals surface area (Å²) in [5, 5.41) is 2.00. The quantitative estimate of drug-likeness (QED) is 0.621. The number of pyridine rings is 2. The van der Waals surface area contributed by atoms with Crippen molar-refractivity contribution in [2.45, 2.75) is 10.8 Å². The molecule has 0 saturated carbocycles. The van der Waals surface area contributed by atoms with Crippen LogP contribution in [0.5, 0.6) is 0 Å². The monoisotopic (exact) mass is 270 g/mol. The van der Waals surface area contributed by atoms with Gasteiger partial charge in [-0.15, -0.1) is 11.8 Å². The summed E-state index contributed by atoms with van der Waals surface area (Å²) in [5.41, 5.74) is 0.982. The molecule has 0 aliphatic carbocycles. The van der Waals surface area contributed by atoms with Crippen molar-refractivity contribution in [2.75, 3.05) is 0 Å². The van der Waals surface area contributed by atoms with Gasteiger partial charge in [0.05, 0.1) is 5.02 Å². The summed E-state index contributed by atoms with van der Waals surface area (Å²) in [7, 11) is 0. The van der Waals surface area contributed by atoms with Crippen molar-refractivity contribution < 1.29 is 0 Å². The molecule has 0 spiro atoms. The van der Waals surface area contributed by atoms with Crippen LogP contribution in [0.4, 0.5) is 0 Å². The van der Waals surface area contributed by atoms with Crippen molar-refractivity contribution in [1.82, 2.24) is 9.97 Å². The molecule has 0 amide bonds. The first-order chi connectivity index (χ1) is 7.77. The van der Waals surface area contributed by atoms with E-state index in [1.165, 1.54) is 0 Å². The zero-order valence-electron chi connectivity index (χ0n) is 8.23. The first-order valence-electron chi connectivity index (χ1n) is 4.60. The largest absolute Gasteiger partial charge is 0.248 e. The van der Waals surface area contributed by atoms with Crippen LogP contribution in [-0.2, 0) is 5.75 Å². The van der Waals surface area contributed by atoms with E-state index in [0.29, 0.717) is 15.9 Å². The molecule has 2 heterocycles.